The maximum Gasteiger partial charge on any atom is 0.265 e. The average Bonchev–Trinajstić information content (AvgIpc) is 2.78. The van der Waals surface area contributed by atoms with Crippen molar-refractivity contribution in [3.63, 3.8) is 0 Å². The number of carbonyl (C=O) groups excluding carboxylic acids is 1. The number of thiazole rings is 1. The molecule has 0 radical (unpaired) electrons. The molecule has 1 aliphatic heterocycles. The van der Waals surface area contributed by atoms with Crippen molar-refractivity contribution in [3.8, 4) is 0 Å². The van der Waals surface area contributed by atoms with Gasteiger partial charge in [-0.1, -0.05) is 6.92 Å². The zero-order chi connectivity index (χ0) is 12.3. The van der Waals surface area contributed by atoms with Gasteiger partial charge in [0.1, 0.15) is 4.88 Å². The summed E-state index contributed by atoms with van der Waals surface area (Å²) in [6.07, 6.45) is 3.77. The van der Waals surface area contributed by atoms with Crippen molar-refractivity contribution in [1.29, 1.82) is 0 Å². The van der Waals surface area contributed by atoms with Gasteiger partial charge in [-0.15, -0.1) is 11.3 Å². The molecule has 1 amide bonds. The Balaban J connectivity index is 2.07. The van der Waals surface area contributed by atoms with Gasteiger partial charge in [-0.3, -0.25) is 4.79 Å². The van der Waals surface area contributed by atoms with Gasteiger partial charge in [0.05, 0.1) is 11.2 Å². The first-order valence-electron chi connectivity index (χ1n) is 6.18. The van der Waals surface area contributed by atoms with Crippen LogP contribution in [-0.2, 0) is 6.42 Å². The Morgan fingerprint density at radius 1 is 1.71 bits per heavy atom. The Morgan fingerprint density at radius 2 is 2.53 bits per heavy atom. The fraction of sp³-hybridized carbons (Fsp3) is 0.667. The fourth-order valence-corrected chi connectivity index (χ4v) is 3.00. The van der Waals surface area contributed by atoms with Crippen molar-refractivity contribution in [1.82, 2.24) is 15.2 Å². The van der Waals surface area contributed by atoms with Crippen LogP contribution in [0, 0.1) is 0 Å². The molecular weight excluding hydrogens is 234 g/mol. The molecule has 0 bridgehead atoms. The van der Waals surface area contributed by atoms with Gasteiger partial charge in [0, 0.05) is 25.7 Å². The molecule has 0 spiro atoms. The highest BCUT2D eigenvalue weighted by Crippen LogP contribution is 2.18. The Bertz CT molecular complexity index is 391. The Hall–Kier alpha value is -0.940. The zero-order valence-corrected chi connectivity index (χ0v) is 11.2. The number of amides is 1. The monoisotopic (exact) mass is 253 g/mol. The van der Waals surface area contributed by atoms with Crippen LogP contribution in [0.1, 0.15) is 34.9 Å². The SMILES string of the molecule is CCCc1ncc(C(=O)N2CCNC[C@H]2C)s1. The summed E-state index contributed by atoms with van der Waals surface area (Å²) in [5, 5.41) is 4.36. The van der Waals surface area contributed by atoms with E-state index in [0.717, 1.165) is 42.4 Å². The highest BCUT2D eigenvalue weighted by Gasteiger charge is 2.25. The minimum Gasteiger partial charge on any atom is -0.333 e. The number of carbonyl (C=O) groups is 1. The van der Waals surface area contributed by atoms with E-state index < -0.39 is 0 Å². The standard InChI is InChI=1S/C12H19N3OS/c1-3-4-11-14-8-10(17-11)12(16)15-6-5-13-7-9(15)2/h8-9,13H,3-7H2,1-2H3/t9-/m1/s1. The maximum atomic E-state index is 12.3. The molecule has 1 fully saturated rings. The summed E-state index contributed by atoms with van der Waals surface area (Å²) in [6, 6.07) is 0.271. The number of rotatable bonds is 3. The predicted octanol–water partition coefficient (Wildman–Crippen LogP) is 1.53. The molecule has 1 aliphatic rings. The van der Waals surface area contributed by atoms with Crippen LogP contribution < -0.4 is 5.32 Å². The largest absolute Gasteiger partial charge is 0.333 e. The zero-order valence-electron chi connectivity index (χ0n) is 10.4. The van der Waals surface area contributed by atoms with Crippen LogP contribution in [0.2, 0.25) is 0 Å². The fourth-order valence-electron chi connectivity index (χ4n) is 2.02. The summed E-state index contributed by atoms with van der Waals surface area (Å²) in [7, 11) is 0. The molecular formula is C12H19N3OS. The first-order valence-corrected chi connectivity index (χ1v) is 7.00. The molecule has 0 unspecified atom stereocenters. The number of hydrogen-bond donors (Lipinski definition) is 1. The van der Waals surface area contributed by atoms with E-state index in [4.69, 9.17) is 0 Å². The number of hydrogen-bond acceptors (Lipinski definition) is 4. The molecule has 4 nitrogen and oxygen atoms in total. The first kappa shape index (κ1) is 12.5. The number of piperazine rings is 1. The molecule has 1 aromatic rings. The third-order valence-electron chi connectivity index (χ3n) is 2.99. The smallest absolute Gasteiger partial charge is 0.265 e. The van der Waals surface area contributed by atoms with E-state index in [9.17, 15) is 4.79 Å². The van der Waals surface area contributed by atoms with Gasteiger partial charge in [-0.25, -0.2) is 4.98 Å². The lowest BCUT2D eigenvalue weighted by molar-refractivity contribution is 0.0660. The van der Waals surface area contributed by atoms with Crippen molar-refractivity contribution in [2.75, 3.05) is 19.6 Å². The van der Waals surface area contributed by atoms with Gasteiger partial charge in [-0.2, -0.15) is 0 Å². The maximum absolute atomic E-state index is 12.3. The second-order valence-corrected chi connectivity index (χ2v) is 5.54. The van der Waals surface area contributed by atoms with Crippen LogP contribution in [-0.4, -0.2) is 41.5 Å². The van der Waals surface area contributed by atoms with E-state index in [2.05, 4.69) is 24.1 Å². The summed E-state index contributed by atoms with van der Waals surface area (Å²) < 4.78 is 0. The molecule has 1 atom stereocenters. The molecule has 1 saturated heterocycles. The Labute approximate surface area is 106 Å². The summed E-state index contributed by atoms with van der Waals surface area (Å²) in [5.74, 6) is 0.138. The van der Waals surface area contributed by atoms with Crippen molar-refractivity contribution >= 4 is 17.2 Å². The topological polar surface area (TPSA) is 45.2 Å². The molecule has 0 saturated carbocycles. The van der Waals surface area contributed by atoms with Crippen LogP contribution in [0.4, 0.5) is 0 Å². The van der Waals surface area contributed by atoms with Gasteiger partial charge in [-0.05, 0) is 19.8 Å². The third kappa shape index (κ3) is 2.84. The highest BCUT2D eigenvalue weighted by atomic mass is 32.1. The first-order chi connectivity index (χ1) is 8.22. The van der Waals surface area contributed by atoms with Crippen molar-refractivity contribution in [3.05, 3.63) is 16.1 Å². The van der Waals surface area contributed by atoms with E-state index >= 15 is 0 Å². The molecule has 5 heteroatoms. The van der Waals surface area contributed by atoms with Gasteiger partial charge < -0.3 is 10.2 Å². The quantitative estimate of drug-likeness (QED) is 0.888. The highest BCUT2D eigenvalue weighted by molar-refractivity contribution is 7.13. The van der Waals surface area contributed by atoms with Crippen molar-refractivity contribution in [2.45, 2.75) is 32.7 Å². The number of aryl methyl sites for hydroxylation is 1. The van der Waals surface area contributed by atoms with E-state index in [1.54, 1.807) is 6.20 Å². The molecule has 94 valence electrons. The number of nitrogens with zero attached hydrogens (tertiary/aromatic N) is 2. The van der Waals surface area contributed by atoms with Crippen molar-refractivity contribution in [2.24, 2.45) is 0 Å². The minimum atomic E-state index is 0.138. The predicted molar refractivity (Wildman–Crippen MR) is 69.5 cm³/mol. The van der Waals surface area contributed by atoms with Gasteiger partial charge >= 0.3 is 0 Å². The molecule has 0 aromatic carbocycles. The van der Waals surface area contributed by atoms with Crippen LogP contribution in [0.15, 0.2) is 6.20 Å². The van der Waals surface area contributed by atoms with E-state index in [1.165, 1.54) is 11.3 Å². The van der Waals surface area contributed by atoms with Crippen LogP contribution in [0.5, 0.6) is 0 Å². The Kier molecular flexibility index (Phi) is 4.12. The lowest BCUT2D eigenvalue weighted by Gasteiger charge is -2.33. The second kappa shape index (κ2) is 5.60. The summed E-state index contributed by atoms with van der Waals surface area (Å²) >= 11 is 1.54. The molecule has 2 rings (SSSR count). The van der Waals surface area contributed by atoms with Crippen molar-refractivity contribution < 1.29 is 4.79 Å². The van der Waals surface area contributed by atoms with E-state index in [0.29, 0.717) is 0 Å². The lowest BCUT2D eigenvalue weighted by Crippen LogP contribution is -2.52. The summed E-state index contributed by atoms with van der Waals surface area (Å²) in [6.45, 7) is 6.77. The average molecular weight is 253 g/mol. The molecule has 2 heterocycles. The van der Waals surface area contributed by atoms with Crippen LogP contribution in [0.3, 0.4) is 0 Å². The lowest BCUT2D eigenvalue weighted by atomic mass is 10.2. The van der Waals surface area contributed by atoms with Gasteiger partial charge in [0.2, 0.25) is 0 Å². The van der Waals surface area contributed by atoms with Gasteiger partial charge in [0.15, 0.2) is 0 Å². The molecule has 17 heavy (non-hydrogen) atoms. The summed E-state index contributed by atoms with van der Waals surface area (Å²) in [5.41, 5.74) is 0. The second-order valence-electron chi connectivity index (χ2n) is 4.42. The molecule has 0 aliphatic carbocycles. The van der Waals surface area contributed by atoms with E-state index in [1.807, 2.05) is 4.90 Å². The number of nitrogens with one attached hydrogen (secondary N) is 1. The van der Waals surface area contributed by atoms with E-state index in [-0.39, 0.29) is 11.9 Å². The third-order valence-corrected chi connectivity index (χ3v) is 4.04. The molecule has 1 aromatic heterocycles. The normalized spacial score (nSPS) is 20.6. The summed E-state index contributed by atoms with van der Waals surface area (Å²) in [4.78, 5) is 19.3. The minimum absolute atomic E-state index is 0.138. The van der Waals surface area contributed by atoms with Gasteiger partial charge in [0.25, 0.3) is 5.91 Å². The number of aromatic nitrogens is 1. The van der Waals surface area contributed by atoms with Crippen LogP contribution in [0.25, 0.3) is 0 Å². The Morgan fingerprint density at radius 3 is 3.24 bits per heavy atom. The van der Waals surface area contributed by atoms with Crippen LogP contribution >= 0.6 is 11.3 Å². The molecule has 1 N–H and O–H groups in total.